The van der Waals surface area contributed by atoms with E-state index in [0.717, 1.165) is 12.0 Å². The number of nitrogens with one attached hydrogen (secondary N) is 1. The summed E-state index contributed by atoms with van der Waals surface area (Å²) in [6.07, 6.45) is 2.20. The Morgan fingerprint density at radius 2 is 1.91 bits per heavy atom. The van der Waals surface area contributed by atoms with Gasteiger partial charge in [-0.25, -0.2) is 4.79 Å². The van der Waals surface area contributed by atoms with E-state index >= 15 is 0 Å². The molecule has 0 aromatic heterocycles. The molecule has 0 radical (unpaired) electrons. The molecule has 0 spiro atoms. The maximum absolute atomic E-state index is 12.0. The van der Waals surface area contributed by atoms with Crippen molar-refractivity contribution in [1.82, 2.24) is 5.32 Å². The van der Waals surface area contributed by atoms with Crippen LogP contribution in [-0.2, 0) is 25.7 Å². The molecule has 1 aromatic rings. The smallest absolute Gasteiger partial charge is 0.347 e. The zero-order valence-electron chi connectivity index (χ0n) is 13.1. The molecule has 0 bridgehead atoms. The van der Waals surface area contributed by atoms with Gasteiger partial charge < -0.3 is 14.8 Å². The first kappa shape index (κ1) is 16.5. The van der Waals surface area contributed by atoms with Crippen molar-refractivity contribution in [2.75, 3.05) is 7.05 Å². The molecular formula is C17H23NO4. The number of esters is 2. The summed E-state index contributed by atoms with van der Waals surface area (Å²) in [5.41, 5.74) is 0.899. The van der Waals surface area contributed by atoms with Crippen molar-refractivity contribution in [2.24, 2.45) is 5.92 Å². The van der Waals surface area contributed by atoms with Crippen LogP contribution < -0.4 is 5.32 Å². The summed E-state index contributed by atoms with van der Waals surface area (Å²) in [7, 11) is 1.73. The number of hydrogen-bond acceptors (Lipinski definition) is 5. The number of carbonyl (C=O) groups is 2. The molecule has 0 amide bonds. The van der Waals surface area contributed by atoms with Crippen LogP contribution in [0.15, 0.2) is 30.3 Å². The van der Waals surface area contributed by atoms with Crippen LogP contribution in [-0.4, -0.2) is 31.1 Å². The van der Waals surface area contributed by atoms with Crippen molar-refractivity contribution in [1.29, 1.82) is 0 Å². The maximum Gasteiger partial charge on any atom is 0.347 e. The molecule has 1 saturated carbocycles. The topological polar surface area (TPSA) is 64.6 Å². The normalized spacial score (nSPS) is 16.6. The van der Waals surface area contributed by atoms with Gasteiger partial charge >= 0.3 is 11.9 Å². The van der Waals surface area contributed by atoms with E-state index < -0.39 is 18.0 Å². The van der Waals surface area contributed by atoms with Gasteiger partial charge in [0.2, 0.25) is 0 Å². The molecule has 0 heterocycles. The van der Waals surface area contributed by atoms with Crippen LogP contribution in [0.5, 0.6) is 0 Å². The molecule has 22 heavy (non-hydrogen) atoms. The summed E-state index contributed by atoms with van der Waals surface area (Å²) >= 11 is 0. The van der Waals surface area contributed by atoms with Crippen molar-refractivity contribution in [2.45, 2.75) is 44.9 Å². The van der Waals surface area contributed by atoms with Crippen LogP contribution in [0.3, 0.4) is 0 Å². The van der Waals surface area contributed by atoms with Crippen molar-refractivity contribution in [3.8, 4) is 0 Å². The standard InChI is InChI=1S/C17H23NO4/c1-12(16(19)21-11-14-6-4-3-5-7-14)22-17(20)15(18-2)10-13-8-9-13/h3-7,12-13,15,18H,8-11H2,1-2H3. The number of benzene rings is 1. The van der Waals surface area contributed by atoms with E-state index in [9.17, 15) is 9.59 Å². The van der Waals surface area contributed by atoms with Gasteiger partial charge in [-0.3, -0.25) is 4.79 Å². The largest absolute Gasteiger partial charge is 0.458 e. The summed E-state index contributed by atoms with van der Waals surface area (Å²) < 4.78 is 10.4. The van der Waals surface area contributed by atoms with Gasteiger partial charge in [-0.05, 0) is 31.9 Å². The predicted molar refractivity (Wildman–Crippen MR) is 82.0 cm³/mol. The SMILES string of the molecule is CNC(CC1CC1)C(=O)OC(C)C(=O)OCc1ccccc1. The Balaban J connectivity index is 1.75. The zero-order valence-corrected chi connectivity index (χ0v) is 13.1. The lowest BCUT2D eigenvalue weighted by atomic mass is 10.1. The van der Waals surface area contributed by atoms with Gasteiger partial charge in [-0.2, -0.15) is 0 Å². The van der Waals surface area contributed by atoms with E-state index in [1.165, 1.54) is 19.8 Å². The van der Waals surface area contributed by atoms with E-state index in [1.54, 1.807) is 7.05 Å². The minimum Gasteiger partial charge on any atom is -0.458 e. The summed E-state index contributed by atoms with van der Waals surface area (Å²) in [6, 6.07) is 9.04. The van der Waals surface area contributed by atoms with E-state index in [1.807, 2.05) is 30.3 Å². The molecule has 2 rings (SSSR count). The van der Waals surface area contributed by atoms with Gasteiger partial charge in [-0.15, -0.1) is 0 Å². The van der Waals surface area contributed by atoms with Crippen LogP contribution in [0.4, 0.5) is 0 Å². The Hall–Kier alpha value is -1.88. The summed E-state index contributed by atoms with van der Waals surface area (Å²) in [5, 5.41) is 2.95. The predicted octanol–water partition coefficient (Wildman–Crippen LogP) is 2.05. The van der Waals surface area contributed by atoms with Crippen LogP contribution in [0.1, 0.15) is 31.7 Å². The van der Waals surface area contributed by atoms with Gasteiger partial charge in [0.1, 0.15) is 12.6 Å². The van der Waals surface area contributed by atoms with Gasteiger partial charge in [0, 0.05) is 0 Å². The van der Waals surface area contributed by atoms with E-state index in [2.05, 4.69) is 5.32 Å². The fourth-order valence-electron chi connectivity index (χ4n) is 2.17. The summed E-state index contributed by atoms with van der Waals surface area (Å²) in [4.78, 5) is 23.9. The second-order valence-corrected chi connectivity index (χ2v) is 5.69. The molecule has 5 heteroatoms. The van der Waals surface area contributed by atoms with Gasteiger partial charge in [0.15, 0.2) is 6.10 Å². The minimum absolute atomic E-state index is 0.180. The first-order valence-corrected chi connectivity index (χ1v) is 7.68. The van der Waals surface area contributed by atoms with Crippen LogP contribution in [0.2, 0.25) is 0 Å². The first-order chi connectivity index (χ1) is 10.6. The molecule has 2 unspecified atom stereocenters. The highest BCUT2D eigenvalue weighted by Gasteiger charge is 2.31. The third-order valence-electron chi connectivity index (χ3n) is 3.75. The van der Waals surface area contributed by atoms with Crippen LogP contribution in [0, 0.1) is 5.92 Å². The molecule has 1 aliphatic carbocycles. The second-order valence-electron chi connectivity index (χ2n) is 5.69. The lowest BCUT2D eigenvalue weighted by Crippen LogP contribution is -2.39. The number of hydrogen-bond donors (Lipinski definition) is 1. The number of carbonyl (C=O) groups excluding carboxylic acids is 2. The van der Waals surface area contributed by atoms with Gasteiger partial charge in [0.05, 0.1) is 0 Å². The highest BCUT2D eigenvalue weighted by Crippen LogP contribution is 2.33. The average Bonchev–Trinajstić information content (AvgIpc) is 3.35. The summed E-state index contributed by atoms with van der Waals surface area (Å²) in [5.74, 6) is -0.317. The minimum atomic E-state index is -0.897. The zero-order chi connectivity index (χ0) is 15.9. The lowest BCUT2D eigenvalue weighted by Gasteiger charge is -2.18. The molecule has 0 aliphatic heterocycles. The first-order valence-electron chi connectivity index (χ1n) is 7.68. The Morgan fingerprint density at radius 1 is 1.23 bits per heavy atom. The highest BCUT2D eigenvalue weighted by molar-refractivity contribution is 5.81. The molecule has 1 aliphatic rings. The molecule has 5 nitrogen and oxygen atoms in total. The molecule has 1 N–H and O–H groups in total. The Morgan fingerprint density at radius 3 is 2.50 bits per heavy atom. The number of likely N-dealkylation sites (N-methyl/N-ethyl adjacent to an activating group) is 1. The van der Waals surface area contributed by atoms with E-state index in [4.69, 9.17) is 9.47 Å². The van der Waals surface area contributed by atoms with Crippen LogP contribution in [0.25, 0.3) is 0 Å². The van der Waals surface area contributed by atoms with Gasteiger partial charge in [-0.1, -0.05) is 43.2 Å². The fourth-order valence-corrected chi connectivity index (χ4v) is 2.17. The molecule has 1 aromatic carbocycles. The van der Waals surface area contributed by atoms with E-state index in [-0.39, 0.29) is 12.6 Å². The quantitative estimate of drug-likeness (QED) is 0.745. The number of ether oxygens (including phenoxy) is 2. The third-order valence-corrected chi connectivity index (χ3v) is 3.75. The Kier molecular flexibility index (Phi) is 5.95. The number of rotatable bonds is 8. The molecular weight excluding hydrogens is 282 g/mol. The fraction of sp³-hybridized carbons (Fsp3) is 0.529. The molecule has 2 atom stereocenters. The van der Waals surface area contributed by atoms with Crippen molar-refractivity contribution in [3.05, 3.63) is 35.9 Å². The molecule has 0 saturated heterocycles. The van der Waals surface area contributed by atoms with E-state index in [0.29, 0.717) is 5.92 Å². The van der Waals surface area contributed by atoms with Crippen molar-refractivity contribution >= 4 is 11.9 Å². The average molecular weight is 305 g/mol. The lowest BCUT2D eigenvalue weighted by molar-refractivity contribution is -0.168. The molecule has 120 valence electrons. The summed E-state index contributed by atoms with van der Waals surface area (Å²) in [6.45, 7) is 1.72. The van der Waals surface area contributed by atoms with Gasteiger partial charge in [0.25, 0.3) is 0 Å². The third kappa shape index (κ3) is 5.15. The van der Waals surface area contributed by atoms with Crippen molar-refractivity contribution < 1.29 is 19.1 Å². The maximum atomic E-state index is 12.0. The van der Waals surface area contributed by atoms with Crippen molar-refractivity contribution in [3.63, 3.8) is 0 Å². The second kappa shape index (κ2) is 7.94. The Bertz CT molecular complexity index is 499. The van der Waals surface area contributed by atoms with Crippen LogP contribution >= 0.6 is 0 Å². The monoisotopic (exact) mass is 305 g/mol. The highest BCUT2D eigenvalue weighted by atomic mass is 16.6. The Labute approximate surface area is 131 Å². The molecule has 1 fully saturated rings.